The molecule has 5 rings (SSSR count). The van der Waals surface area contributed by atoms with Crippen LogP contribution in [-0.2, 0) is 0 Å². The largest absolute Gasteiger partial charge is 0.378 e. The average molecular weight is 507 g/mol. The molecule has 3 aliphatic rings. The van der Waals surface area contributed by atoms with Gasteiger partial charge in [-0.3, -0.25) is 0 Å². The summed E-state index contributed by atoms with van der Waals surface area (Å²) in [6, 6.07) is 17.4. The molecule has 0 saturated heterocycles. The number of nitrogens with zero attached hydrogens (tertiary/aromatic N) is 2. The highest BCUT2D eigenvalue weighted by Crippen LogP contribution is 2.31. The molecular weight excluding hydrogens is 472 g/mol. The summed E-state index contributed by atoms with van der Waals surface area (Å²) in [7, 11) is 8.26. The molecule has 0 atom stereocenters. The summed E-state index contributed by atoms with van der Waals surface area (Å²) in [4.78, 5) is 4.24. The second-order valence-electron chi connectivity index (χ2n) is 10.5. The molecule has 0 aliphatic heterocycles. The fraction of sp³-hybridized carbons (Fsp3) is 0.297. The maximum absolute atomic E-state index is 3.55. The highest BCUT2D eigenvalue weighted by atomic mass is 15.1. The third-order valence-corrected chi connectivity index (χ3v) is 7.36. The van der Waals surface area contributed by atoms with Gasteiger partial charge in [-0.2, -0.15) is 0 Å². The number of benzene rings is 2. The minimum Gasteiger partial charge on any atom is -0.378 e. The second-order valence-corrected chi connectivity index (χ2v) is 10.5. The lowest BCUT2D eigenvalue weighted by Crippen LogP contribution is -2.08. The fourth-order valence-corrected chi connectivity index (χ4v) is 5.13. The molecule has 0 unspecified atom stereocenters. The number of anilines is 2. The highest BCUT2D eigenvalue weighted by Gasteiger charge is 2.15. The Kier molecular flexibility index (Phi) is 7.98. The van der Waals surface area contributed by atoms with E-state index in [2.05, 4.69) is 134 Å². The Balaban J connectivity index is 1.76. The minimum absolute atomic E-state index is 0.593. The Bertz CT molecular complexity index is 1490. The maximum Gasteiger partial charge on any atom is 0.0835 e. The highest BCUT2D eigenvalue weighted by molar-refractivity contribution is 5.88. The summed E-state index contributed by atoms with van der Waals surface area (Å²) in [6.07, 6.45) is 6.74. The van der Waals surface area contributed by atoms with Crippen LogP contribution in [0.5, 0.6) is 0 Å². The number of hydrogen-bond acceptors (Lipinski definition) is 2. The first-order chi connectivity index (χ1) is 19.0. The third-order valence-electron chi connectivity index (χ3n) is 7.36. The molecule has 2 aromatic carbocycles. The van der Waals surface area contributed by atoms with Crippen molar-refractivity contribution in [2.24, 2.45) is 0 Å². The van der Waals surface area contributed by atoms with Crippen molar-refractivity contribution in [1.29, 1.82) is 0 Å². The van der Waals surface area contributed by atoms with Crippen LogP contribution in [0, 0.1) is 47.4 Å². The van der Waals surface area contributed by atoms with Crippen LogP contribution in [-0.4, -0.2) is 28.2 Å². The van der Waals surface area contributed by atoms with Crippen LogP contribution in [0.4, 0.5) is 11.4 Å². The van der Waals surface area contributed by atoms with Crippen molar-refractivity contribution in [3.05, 3.63) is 87.5 Å². The van der Waals surface area contributed by atoms with Gasteiger partial charge in [0.1, 0.15) is 0 Å². The Morgan fingerprint density at radius 1 is 0.513 bits per heavy atom. The van der Waals surface area contributed by atoms with Gasteiger partial charge in [-0.15, -0.1) is 0 Å². The Morgan fingerprint density at radius 2 is 0.897 bits per heavy atom. The molecule has 0 aromatic heterocycles. The van der Waals surface area contributed by atoms with Crippen molar-refractivity contribution < 1.29 is 0 Å². The van der Waals surface area contributed by atoms with Gasteiger partial charge in [0.15, 0.2) is 0 Å². The molecule has 39 heavy (non-hydrogen) atoms. The molecule has 0 bridgehead atoms. The smallest absolute Gasteiger partial charge is 0.0835 e. The van der Waals surface area contributed by atoms with Crippen LogP contribution in [0.1, 0.15) is 56.1 Å². The summed E-state index contributed by atoms with van der Waals surface area (Å²) in [5.41, 5.74) is 11.1. The minimum atomic E-state index is 0.593. The van der Waals surface area contributed by atoms with E-state index in [4.69, 9.17) is 0 Å². The third kappa shape index (κ3) is 6.15. The molecule has 0 saturated carbocycles. The maximum atomic E-state index is 3.55. The topological polar surface area (TPSA) is 6.48 Å². The van der Waals surface area contributed by atoms with Gasteiger partial charge in [-0.1, -0.05) is 71.6 Å². The van der Waals surface area contributed by atoms with E-state index in [1.165, 1.54) is 11.1 Å². The van der Waals surface area contributed by atoms with Crippen LogP contribution in [0.2, 0.25) is 0 Å². The van der Waals surface area contributed by atoms with E-state index in [0.717, 1.165) is 83.3 Å². The van der Waals surface area contributed by atoms with Gasteiger partial charge in [0.2, 0.25) is 0 Å². The van der Waals surface area contributed by atoms with E-state index in [1.54, 1.807) is 0 Å². The molecule has 0 radical (unpaired) electrons. The predicted molar refractivity (Wildman–Crippen MR) is 165 cm³/mol. The molecule has 0 fully saturated rings. The summed E-state index contributed by atoms with van der Waals surface area (Å²) in [6.45, 7) is 0. The lowest BCUT2D eigenvalue weighted by atomic mass is 9.92. The summed E-state index contributed by atoms with van der Waals surface area (Å²) >= 11 is 0. The van der Waals surface area contributed by atoms with Gasteiger partial charge < -0.3 is 9.80 Å². The van der Waals surface area contributed by atoms with Crippen LogP contribution >= 0.6 is 0 Å². The zero-order valence-electron chi connectivity index (χ0n) is 23.5. The van der Waals surface area contributed by atoms with Crippen molar-refractivity contribution >= 4 is 16.9 Å². The molecular formula is C37H34N2. The Labute approximate surface area is 234 Å². The molecule has 192 valence electrons. The van der Waals surface area contributed by atoms with Gasteiger partial charge in [0.05, 0.1) is 12.0 Å². The lowest BCUT2D eigenvalue weighted by Gasteiger charge is -2.16. The molecule has 0 heterocycles. The van der Waals surface area contributed by atoms with E-state index in [9.17, 15) is 0 Å². The standard InChI is InChI=1S/C37H34N2/c1-38(2)35-24-20-33(21-25-35)37(34-22-26-36(27-23-34)39(3)4)32-18-16-30-14-8-12-28(30)10-6-5-7-11-29-13-9-15-31(29)17-19-32/h20-27H,5,8-9,12-15H2,1-4H3. The zero-order chi connectivity index (χ0) is 27.2. The first-order valence-corrected chi connectivity index (χ1v) is 13.8. The van der Waals surface area contributed by atoms with E-state index < -0.39 is 0 Å². The fourth-order valence-electron chi connectivity index (χ4n) is 5.13. The van der Waals surface area contributed by atoms with E-state index in [0.29, 0.717) is 6.42 Å². The summed E-state index contributed by atoms with van der Waals surface area (Å²) in [5, 5.41) is 0. The monoisotopic (exact) mass is 506 g/mol. The Hall–Kier alpha value is -4.50. The van der Waals surface area contributed by atoms with Crippen molar-refractivity contribution in [3.63, 3.8) is 0 Å². The van der Waals surface area contributed by atoms with E-state index in [-0.39, 0.29) is 0 Å². The molecule has 0 spiro atoms. The van der Waals surface area contributed by atoms with Gasteiger partial charge >= 0.3 is 0 Å². The van der Waals surface area contributed by atoms with Crippen LogP contribution in [0.25, 0.3) is 5.57 Å². The molecule has 2 nitrogen and oxygen atoms in total. The van der Waals surface area contributed by atoms with Gasteiger partial charge in [-0.25, -0.2) is 0 Å². The molecule has 2 heteroatoms. The predicted octanol–water partition coefficient (Wildman–Crippen LogP) is 7.00. The summed E-state index contributed by atoms with van der Waals surface area (Å²) < 4.78 is 0. The van der Waals surface area contributed by atoms with Crippen molar-refractivity contribution in [2.75, 3.05) is 38.0 Å². The summed E-state index contributed by atoms with van der Waals surface area (Å²) in [5.74, 6) is 27.5. The first-order valence-electron chi connectivity index (χ1n) is 13.8. The van der Waals surface area contributed by atoms with E-state index in [1.807, 2.05) is 0 Å². The number of allylic oxidation sites excluding steroid dienone is 5. The molecule has 3 aliphatic carbocycles. The van der Waals surface area contributed by atoms with Crippen LogP contribution < -0.4 is 9.80 Å². The SMILES string of the molecule is CN(C)c1ccc(C(=C2C#CC3=C(C#CCC#CC4=C(C#C2)CCC4)CCC3)c2ccc(N(C)C)cc2)cc1. The lowest BCUT2D eigenvalue weighted by molar-refractivity contribution is 0.910. The van der Waals surface area contributed by atoms with Gasteiger partial charge in [0, 0.05) is 67.4 Å². The van der Waals surface area contributed by atoms with Gasteiger partial charge in [-0.05, 0) is 73.9 Å². The molecule has 2 aromatic rings. The van der Waals surface area contributed by atoms with Crippen molar-refractivity contribution in [3.8, 4) is 47.4 Å². The normalized spacial score (nSPS) is 15.7. The van der Waals surface area contributed by atoms with E-state index >= 15 is 0 Å². The zero-order valence-corrected chi connectivity index (χ0v) is 23.5. The van der Waals surface area contributed by atoms with Crippen molar-refractivity contribution in [1.82, 2.24) is 0 Å². The van der Waals surface area contributed by atoms with Crippen LogP contribution in [0.3, 0.4) is 0 Å². The number of hydrogen-bond donors (Lipinski definition) is 0. The first kappa shape index (κ1) is 26.1. The molecule has 0 amide bonds. The average Bonchev–Trinajstić information content (AvgIpc) is 3.59. The second kappa shape index (κ2) is 11.9. The Morgan fingerprint density at radius 3 is 1.28 bits per heavy atom. The van der Waals surface area contributed by atoms with Crippen molar-refractivity contribution in [2.45, 2.75) is 44.9 Å². The number of rotatable bonds is 4. The molecule has 0 N–H and O–H groups in total. The van der Waals surface area contributed by atoms with Gasteiger partial charge in [0.25, 0.3) is 0 Å². The quantitative estimate of drug-likeness (QED) is 0.412. The van der Waals surface area contributed by atoms with Crippen LogP contribution in [0.15, 0.2) is 76.4 Å².